The number of non-ortho nitro benzene ring substituents is 1. The van der Waals surface area contributed by atoms with Crippen molar-refractivity contribution in [3.63, 3.8) is 0 Å². The van der Waals surface area contributed by atoms with Crippen LogP contribution in [0.2, 0.25) is 0 Å². The molecule has 9 nitrogen and oxygen atoms in total. The highest BCUT2D eigenvalue weighted by atomic mass is 16.6. The van der Waals surface area contributed by atoms with Crippen molar-refractivity contribution in [2.24, 2.45) is 0 Å². The second-order valence-electron chi connectivity index (χ2n) is 8.26. The van der Waals surface area contributed by atoms with Gasteiger partial charge in [0.25, 0.3) is 17.5 Å². The molecule has 0 radical (unpaired) electrons. The van der Waals surface area contributed by atoms with Crippen LogP contribution in [0.3, 0.4) is 0 Å². The minimum Gasteiger partial charge on any atom is -0.323 e. The molecule has 33 heavy (non-hydrogen) atoms. The molecule has 1 heterocycles. The van der Waals surface area contributed by atoms with E-state index >= 15 is 0 Å². The Morgan fingerprint density at radius 3 is 2.42 bits per heavy atom. The lowest BCUT2D eigenvalue weighted by molar-refractivity contribution is -0.384. The fraction of sp³-hybridized carbons (Fsp3) is 0.333. The molecule has 2 aliphatic rings. The summed E-state index contributed by atoms with van der Waals surface area (Å²) in [6.45, 7) is 0. The first-order chi connectivity index (χ1) is 15.9. The maximum absolute atomic E-state index is 13.6. The van der Waals surface area contributed by atoms with Gasteiger partial charge in [0.05, 0.1) is 28.7 Å². The zero-order valence-electron chi connectivity index (χ0n) is 17.8. The molecule has 1 saturated carbocycles. The summed E-state index contributed by atoms with van der Waals surface area (Å²) in [5, 5.41) is 20.2. The summed E-state index contributed by atoms with van der Waals surface area (Å²) in [4.78, 5) is 53.0. The van der Waals surface area contributed by atoms with Gasteiger partial charge < -0.3 is 4.90 Å². The van der Waals surface area contributed by atoms with Gasteiger partial charge in [0.15, 0.2) is 0 Å². The van der Waals surface area contributed by atoms with Crippen LogP contribution < -0.4 is 4.90 Å². The summed E-state index contributed by atoms with van der Waals surface area (Å²) >= 11 is 0. The van der Waals surface area contributed by atoms with Crippen molar-refractivity contribution in [3.8, 4) is 6.07 Å². The van der Waals surface area contributed by atoms with Crippen molar-refractivity contribution in [3.05, 3.63) is 69.8 Å². The van der Waals surface area contributed by atoms with Crippen LogP contribution in [0.15, 0.2) is 48.5 Å². The predicted octanol–water partition coefficient (Wildman–Crippen LogP) is 3.57. The second kappa shape index (κ2) is 9.20. The van der Waals surface area contributed by atoms with Gasteiger partial charge in [-0.2, -0.15) is 5.26 Å². The second-order valence-corrected chi connectivity index (χ2v) is 8.26. The third-order valence-corrected chi connectivity index (χ3v) is 6.22. The quantitative estimate of drug-likeness (QED) is 0.393. The number of nitro benzene ring substituents is 1. The maximum Gasteiger partial charge on any atom is 0.270 e. The van der Waals surface area contributed by atoms with Crippen molar-refractivity contribution in [1.82, 2.24) is 4.90 Å². The number of nitrogens with zero attached hydrogens (tertiary/aromatic N) is 4. The lowest BCUT2D eigenvalue weighted by Crippen LogP contribution is -2.51. The Balaban J connectivity index is 1.68. The lowest BCUT2D eigenvalue weighted by Gasteiger charge is -2.37. The van der Waals surface area contributed by atoms with Crippen LogP contribution in [0.25, 0.3) is 0 Å². The molecule has 9 heteroatoms. The number of amides is 3. The van der Waals surface area contributed by atoms with E-state index in [4.69, 9.17) is 5.26 Å². The molecule has 168 valence electrons. The molecule has 3 amide bonds. The third kappa shape index (κ3) is 4.32. The van der Waals surface area contributed by atoms with E-state index < -0.39 is 28.7 Å². The predicted molar refractivity (Wildman–Crippen MR) is 118 cm³/mol. The van der Waals surface area contributed by atoms with Crippen LogP contribution in [-0.4, -0.2) is 39.6 Å². The molecule has 4 rings (SSSR count). The van der Waals surface area contributed by atoms with Gasteiger partial charge in [-0.3, -0.25) is 24.5 Å². The summed E-state index contributed by atoms with van der Waals surface area (Å²) in [5.41, 5.74) is 0.654. The first kappa shape index (κ1) is 22.1. The summed E-state index contributed by atoms with van der Waals surface area (Å²) < 4.78 is 0. The van der Waals surface area contributed by atoms with Crippen molar-refractivity contribution < 1.29 is 19.3 Å². The Bertz CT molecular complexity index is 1150. The third-order valence-electron chi connectivity index (χ3n) is 6.22. The highest BCUT2D eigenvalue weighted by molar-refractivity contribution is 6.23. The Morgan fingerprint density at radius 2 is 1.79 bits per heavy atom. The number of nitro groups is 1. The normalized spacial score (nSPS) is 18.8. The van der Waals surface area contributed by atoms with Crippen LogP contribution in [0.4, 0.5) is 11.4 Å². The zero-order chi connectivity index (χ0) is 23.5. The van der Waals surface area contributed by atoms with Gasteiger partial charge in [-0.15, -0.1) is 0 Å². The van der Waals surface area contributed by atoms with E-state index in [2.05, 4.69) is 0 Å². The highest BCUT2D eigenvalue weighted by Gasteiger charge is 2.46. The molecule has 2 fully saturated rings. The number of rotatable bonds is 5. The number of hydrogen-bond donors (Lipinski definition) is 0. The van der Waals surface area contributed by atoms with Crippen molar-refractivity contribution >= 4 is 29.1 Å². The maximum atomic E-state index is 13.6. The average molecular weight is 446 g/mol. The molecule has 1 aliphatic carbocycles. The van der Waals surface area contributed by atoms with Gasteiger partial charge in [-0.25, -0.2) is 4.90 Å². The molecular formula is C24H22N4O5. The Morgan fingerprint density at radius 1 is 1.09 bits per heavy atom. The van der Waals surface area contributed by atoms with E-state index in [9.17, 15) is 24.5 Å². The summed E-state index contributed by atoms with van der Waals surface area (Å²) in [6.07, 6.45) is 4.08. The lowest BCUT2D eigenvalue weighted by atomic mass is 9.92. The number of hydrogen-bond acceptors (Lipinski definition) is 6. The molecule has 2 aromatic carbocycles. The van der Waals surface area contributed by atoms with E-state index in [1.165, 1.54) is 53.4 Å². The zero-order valence-corrected chi connectivity index (χ0v) is 17.8. The fourth-order valence-electron chi connectivity index (χ4n) is 4.61. The Hall–Kier alpha value is -4.06. The minimum atomic E-state index is -0.983. The molecule has 0 N–H and O–H groups in total. The van der Waals surface area contributed by atoms with Gasteiger partial charge in [0, 0.05) is 23.7 Å². The number of imide groups is 1. The van der Waals surface area contributed by atoms with Gasteiger partial charge in [-0.1, -0.05) is 25.3 Å². The molecule has 1 saturated heterocycles. The van der Waals surface area contributed by atoms with Gasteiger partial charge in [0.1, 0.15) is 6.04 Å². The Kier molecular flexibility index (Phi) is 6.18. The number of carbonyl (C=O) groups is 3. The first-order valence-corrected chi connectivity index (χ1v) is 10.8. The van der Waals surface area contributed by atoms with Crippen LogP contribution in [0.1, 0.15) is 54.4 Å². The standard InChI is InChI=1S/C24H22N4O5/c25-15-16-9-11-19(12-10-16)27-22(29)14-21(24(27)31)26(18-6-2-1-3-7-18)23(30)17-5-4-8-20(13-17)28(32)33/h4-5,8-13,18,21H,1-3,6-7,14H2. The highest BCUT2D eigenvalue weighted by Crippen LogP contribution is 2.32. The summed E-state index contributed by atoms with van der Waals surface area (Å²) in [6, 6.07) is 12.3. The fourth-order valence-corrected chi connectivity index (χ4v) is 4.61. The largest absolute Gasteiger partial charge is 0.323 e. The minimum absolute atomic E-state index is 0.117. The van der Waals surface area contributed by atoms with E-state index in [0.29, 0.717) is 24.1 Å². The molecule has 0 aromatic heterocycles. The topological polar surface area (TPSA) is 125 Å². The SMILES string of the molecule is N#Cc1ccc(N2C(=O)CC(N(C(=O)c3cccc([N+](=O)[O-])c3)C3CCCCC3)C2=O)cc1. The molecular weight excluding hydrogens is 424 g/mol. The van der Waals surface area contributed by atoms with Crippen LogP contribution >= 0.6 is 0 Å². The van der Waals surface area contributed by atoms with Gasteiger partial charge >= 0.3 is 0 Å². The molecule has 0 bridgehead atoms. The van der Waals surface area contributed by atoms with Crippen molar-refractivity contribution in [2.45, 2.75) is 50.6 Å². The average Bonchev–Trinajstić information content (AvgIpc) is 3.13. The number of nitriles is 1. The smallest absolute Gasteiger partial charge is 0.270 e. The van der Waals surface area contributed by atoms with Gasteiger partial charge in [-0.05, 0) is 43.2 Å². The molecule has 1 atom stereocenters. The first-order valence-electron chi connectivity index (χ1n) is 10.8. The number of carbonyl (C=O) groups excluding carboxylic acids is 3. The number of benzene rings is 2. The Labute approximate surface area is 190 Å². The summed E-state index contributed by atoms with van der Waals surface area (Å²) in [7, 11) is 0. The van der Waals surface area contributed by atoms with Crippen LogP contribution in [0.5, 0.6) is 0 Å². The van der Waals surface area contributed by atoms with Crippen LogP contribution in [0, 0.1) is 21.4 Å². The molecule has 0 spiro atoms. The molecule has 2 aromatic rings. The van der Waals surface area contributed by atoms with Gasteiger partial charge in [0.2, 0.25) is 5.91 Å². The summed E-state index contributed by atoms with van der Waals surface area (Å²) in [5.74, 6) is -1.42. The monoisotopic (exact) mass is 446 g/mol. The van der Waals surface area contributed by atoms with E-state index in [1.54, 1.807) is 0 Å². The van der Waals surface area contributed by atoms with Crippen LogP contribution in [-0.2, 0) is 9.59 Å². The van der Waals surface area contributed by atoms with E-state index in [-0.39, 0.29) is 23.7 Å². The van der Waals surface area contributed by atoms with E-state index in [0.717, 1.165) is 24.2 Å². The van der Waals surface area contributed by atoms with Crippen molar-refractivity contribution in [1.29, 1.82) is 5.26 Å². The molecule has 1 aliphatic heterocycles. The van der Waals surface area contributed by atoms with Crippen molar-refractivity contribution in [2.75, 3.05) is 4.90 Å². The van der Waals surface area contributed by atoms with E-state index in [1.807, 2.05) is 6.07 Å². The number of anilines is 1. The molecule has 1 unspecified atom stereocenters.